The Morgan fingerprint density at radius 2 is 2.11 bits per heavy atom. The van der Waals surface area contributed by atoms with E-state index in [2.05, 4.69) is 15.7 Å². The van der Waals surface area contributed by atoms with Gasteiger partial charge in [0, 0.05) is 18.0 Å². The monoisotopic (exact) mass is 264 g/mol. The molecule has 2 aromatic rings. The van der Waals surface area contributed by atoms with Gasteiger partial charge in [0.25, 0.3) is 0 Å². The molecule has 5 heteroatoms. The molecule has 0 aliphatic carbocycles. The molecule has 96 valence electrons. The summed E-state index contributed by atoms with van der Waals surface area (Å²) in [7, 11) is 5.20. The van der Waals surface area contributed by atoms with Gasteiger partial charge in [-0.15, -0.1) is 11.3 Å². The first-order chi connectivity index (χ1) is 8.78. The highest BCUT2D eigenvalue weighted by Crippen LogP contribution is 2.34. The van der Waals surface area contributed by atoms with Gasteiger partial charge in [0.05, 0.1) is 25.5 Å². The molecule has 18 heavy (non-hydrogen) atoms. The summed E-state index contributed by atoms with van der Waals surface area (Å²) in [6.45, 7) is 0.773. The molecule has 4 nitrogen and oxygen atoms in total. The number of methoxy groups -OCH3 is 2. The van der Waals surface area contributed by atoms with Crippen molar-refractivity contribution < 1.29 is 9.47 Å². The predicted molar refractivity (Wildman–Crippen MR) is 73.4 cm³/mol. The topological polar surface area (TPSA) is 43.4 Å². The van der Waals surface area contributed by atoms with Gasteiger partial charge in [-0.25, -0.2) is 4.98 Å². The van der Waals surface area contributed by atoms with Crippen LogP contribution in [0, 0.1) is 0 Å². The second-order valence-corrected chi connectivity index (χ2v) is 4.60. The van der Waals surface area contributed by atoms with E-state index in [1.165, 1.54) is 0 Å². The molecule has 0 amide bonds. The summed E-state index contributed by atoms with van der Waals surface area (Å²) in [6.07, 6.45) is 0. The Balaban J connectivity index is 2.36. The molecule has 1 N–H and O–H groups in total. The first-order valence-electron chi connectivity index (χ1n) is 5.60. The van der Waals surface area contributed by atoms with Gasteiger partial charge in [0.1, 0.15) is 16.5 Å². The van der Waals surface area contributed by atoms with Crippen molar-refractivity contribution in [3.05, 3.63) is 29.3 Å². The molecular formula is C13H16N2O2S. The molecule has 0 aliphatic heterocycles. The van der Waals surface area contributed by atoms with Crippen molar-refractivity contribution in [3.63, 3.8) is 0 Å². The van der Waals surface area contributed by atoms with Crippen molar-refractivity contribution in [3.8, 4) is 22.1 Å². The highest BCUT2D eigenvalue weighted by Gasteiger charge is 2.11. The van der Waals surface area contributed by atoms with E-state index in [1.807, 2.05) is 25.2 Å². The molecule has 1 aromatic heterocycles. The second-order valence-electron chi connectivity index (χ2n) is 3.74. The Kier molecular flexibility index (Phi) is 4.17. The van der Waals surface area contributed by atoms with Crippen LogP contribution in [0.4, 0.5) is 0 Å². The van der Waals surface area contributed by atoms with E-state index in [1.54, 1.807) is 25.6 Å². The maximum Gasteiger partial charge on any atom is 0.132 e. The van der Waals surface area contributed by atoms with Gasteiger partial charge in [-0.2, -0.15) is 0 Å². The first kappa shape index (κ1) is 12.9. The number of ether oxygens (including phenoxy) is 2. The molecule has 2 rings (SSSR count). The Morgan fingerprint density at radius 1 is 1.28 bits per heavy atom. The van der Waals surface area contributed by atoms with E-state index in [4.69, 9.17) is 9.47 Å². The van der Waals surface area contributed by atoms with Crippen LogP contribution in [-0.4, -0.2) is 26.3 Å². The van der Waals surface area contributed by atoms with E-state index in [9.17, 15) is 0 Å². The Hall–Kier alpha value is -1.59. The number of benzene rings is 1. The lowest BCUT2D eigenvalue weighted by molar-refractivity contribution is 0.395. The summed E-state index contributed by atoms with van der Waals surface area (Å²) in [5.41, 5.74) is 2.03. The van der Waals surface area contributed by atoms with E-state index in [0.29, 0.717) is 0 Å². The van der Waals surface area contributed by atoms with Crippen LogP contribution in [0.15, 0.2) is 23.6 Å². The number of nitrogens with zero attached hydrogens (tertiary/aromatic N) is 1. The third-order valence-electron chi connectivity index (χ3n) is 2.55. The van der Waals surface area contributed by atoms with Crippen molar-refractivity contribution in [1.29, 1.82) is 0 Å². The number of nitrogens with one attached hydrogen (secondary N) is 1. The average molecular weight is 264 g/mol. The summed E-state index contributed by atoms with van der Waals surface area (Å²) in [4.78, 5) is 4.57. The average Bonchev–Trinajstić information content (AvgIpc) is 2.87. The van der Waals surface area contributed by atoms with Gasteiger partial charge in [-0.1, -0.05) is 0 Å². The zero-order valence-corrected chi connectivity index (χ0v) is 11.5. The van der Waals surface area contributed by atoms with E-state index < -0.39 is 0 Å². The fraction of sp³-hybridized carbons (Fsp3) is 0.308. The second kappa shape index (κ2) is 5.84. The minimum absolute atomic E-state index is 0.773. The van der Waals surface area contributed by atoms with Crippen molar-refractivity contribution in [1.82, 2.24) is 10.3 Å². The molecule has 1 heterocycles. The predicted octanol–water partition coefficient (Wildman–Crippen LogP) is 2.55. The Bertz CT molecular complexity index is 525. The highest BCUT2D eigenvalue weighted by molar-refractivity contribution is 7.13. The Morgan fingerprint density at radius 3 is 2.78 bits per heavy atom. The van der Waals surface area contributed by atoms with Crippen molar-refractivity contribution in [2.45, 2.75) is 6.54 Å². The number of hydrogen-bond acceptors (Lipinski definition) is 5. The van der Waals surface area contributed by atoms with E-state index >= 15 is 0 Å². The smallest absolute Gasteiger partial charge is 0.132 e. The van der Waals surface area contributed by atoms with Crippen LogP contribution >= 0.6 is 11.3 Å². The largest absolute Gasteiger partial charge is 0.497 e. The number of thiazole rings is 1. The number of hydrogen-bond donors (Lipinski definition) is 1. The molecule has 0 unspecified atom stereocenters. The SMILES string of the molecule is CNCc1csc(-c2ccc(OC)cc2OC)n1. The van der Waals surface area contributed by atoms with Gasteiger partial charge in [0.2, 0.25) is 0 Å². The molecule has 0 fully saturated rings. The summed E-state index contributed by atoms with van der Waals surface area (Å²) >= 11 is 1.61. The number of rotatable bonds is 5. The van der Waals surface area contributed by atoms with Crippen molar-refractivity contribution in [2.24, 2.45) is 0 Å². The minimum Gasteiger partial charge on any atom is -0.497 e. The summed E-state index contributed by atoms with van der Waals surface area (Å²) < 4.78 is 10.6. The van der Waals surface area contributed by atoms with Gasteiger partial charge in [-0.3, -0.25) is 0 Å². The molecule has 0 spiro atoms. The quantitative estimate of drug-likeness (QED) is 0.901. The van der Waals surface area contributed by atoms with Crippen LogP contribution in [0.25, 0.3) is 10.6 Å². The summed E-state index contributed by atoms with van der Waals surface area (Å²) in [6, 6.07) is 5.76. The van der Waals surface area contributed by atoms with Gasteiger partial charge in [-0.05, 0) is 19.2 Å². The van der Waals surface area contributed by atoms with Crippen LogP contribution in [-0.2, 0) is 6.54 Å². The van der Waals surface area contributed by atoms with Crippen LogP contribution in [0.1, 0.15) is 5.69 Å². The maximum atomic E-state index is 5.38. The normalized spacial score (nSPS) is 10.4. The zero-order valence-electron chi connectivity index (χ0n) is 10.7. The molecule has 1 aromatic carbocycles. The highest BCUT2D eigenvalue weighted by atomic mass is 32.1. The Labute approximate surface area is 111 Å². The third-order valence-corrected chi connectivity index (χ3v) is 3.47. The van der Waals surface area contributed by atoms with Crippen molar-refractivity contribution in [2.75, 3.05) is 21.3 Å². The molecule has 0 saturated carbocycles. The summed E-state index contributed by atoms with van der Waals surface area (Å²) in [5, 5.41) is 6.10. The van der Waals surface area contributed by atoms with Crippen molar-refractivity contribution >= 4 is 11.3 Å². The van der Waals surface area contributed by atoms with Gasteiger partial charge < -0.3 is 14.8 Å². The lowest BCUT2D eigenvalue weighted by Crippen LogP contribution is -2.04. The summed E-state index contributed by atoms with van der Waals surface area (Å²) in [5.74, 6) is 1.56. The lowest BCUT2D eigenvalue weighted by atomic mass is 10.2. The van der Waals surface area contributed by atoms with Crippen LogP contribution in [0.3, 0.4) is 0 Å². The standard InChI is InChI=1S/C13H16N2O2S/c1-14-7-9-8-18-13(15-9)11-5-4-10(16-2)6-12(11)17-3/h4-6,8,14H,7H2,1-3H3. The third kappa shape index (κ3) is 2.63. The van der Waals surface area contributed by atoms with Crippen LogP contribution in [0.5, 0.6) is 11.5 Å². The molecule has 0 bridgehead atoms. The first-order valence-corrected chi connectivity index (χ1v) is 6.48. The molecule has 0 radical (unpaired) electrons. The van der Waals surface area contributed by atoms with Gasteiger partial charge in [0.15, 0.2) is 0 Å². The van der Waals surface area contributed by atoms with Crippen LogP contribution < -0.4 is 14.8 Å². The van der Waals surface area contributed by atoms with E-state index in [-0.39, 0.29) is 0 Å². The molecular weight excluding hydrogens is 248 g/mol. The maximum absolute atomic E-state index is 5.38. The lowest BCUT2D eigenvalue weighted by Gasteiger charge is -2.08. The number of aromatic nitrogens is 1. The molecule has 0 saturated heterocycles. The van der Waals surface area contributed by atoms with E-state index in [0.717, 1.165) is 34.3 Å². The van der Waals surface area contributed by atoms with Crippen LogP contribution in [0.2, 0.25) is 0 Å². The fourth-order valence-electron chi connectivity index (χ4n) is 1.67. The van der Waals surface area contributed by atoms with Gasteiger partial charge >= 0.3 is 0 Å². The molecule has 0 aliphatic rings. The minimum atomic E-state index is 0.773. The zero-order chi connectivity index (χ0) is 13.0. The fourth-order valence-corrected chi connectivity index (χ4v) is 2.52. The molecule has 0 atom stereocenters.